The van der Waals surface area contributed by atoms with Crippen LogP contribution in [0, 0.1) is 6.92 Å². The van der Waals surface area contributed by atoms with Gasteiger partial charge in [0.2, 0.25) is 0 Å². The van der Waals surface area contributed by atoms with Crippen LogP contribution in [0.1, 0.15) is 20.1 Å². The molecule has 5 nitrogen and oxygen atoms in total. The smallest absolute Gasteiger partial charge is 0.337 e. The number of aromatic nitrogens is 2. The number of thiophene rings is 1. The molecule has 0 saturated carbocycles. The number of fused-ring (bicyclic) bond motifs is 1. The summed E-state index contributed by atoms with van der Waals surface area (Å²) in [6.45, 7) is 2.45. The summed E-state index contributed by atoms with van der Waals surface area (Å²) >= 11 is 1.62. The van der Waals surface area contributed by atoms with E-state index in [0.717, 1.165) is 4.88 Å². The second-order valence-corrected chi connectivity index (χ2v) is 5.91. The fraction of sp³-hybridized carbons (Fsp3) is 0.143. The minimum atomic E-state index is -1.05. The molecule has 0 saturated heterocycles. The molecule has 0 aliphatic rings. The van der Waals surface area contributed by atoms with E-state index in [1.54, 1.807) is 28.0 Å². The molecule has 2 N–H and O–H groups in total. The van der Waals surface area contributed by atoms with Crippen LogP contribution in [0.5, 0.6) is 0 Å². The topological polar surface area (TPSA) is 75.1 Å². The number of nitrogens with one attached hydrogen (secondary N) is 1. The predicted molar refractivity (Wildman–Crippen MR) is 77.7 cm³/mol. The van der Waals surface area contributed by atoms with E-state index in [2.05, 4.69) is 4.98 Å². The largest absolute Gasteiger partial charge is 0.478 e. The van der Waals surface area contributed by atoms with Crippen molar-refractivity contribution in [1.29, 1.82) is 0 Å². The van der Waals surface area contributed by atoms with Gasteiger partial charge in [0.15, 0.2) is 0 Å². The molecule has 0 aliphatic heterocycles. The lowest BCUT2D eigenvalue weighted by Crippen LogP contribution is -2.16. The average molecular weight is 288 g/mol. The Morgan fingerprint density at radius 3 is 2.80 bits per heavy atom. The summed E-state index contributed by atoms with van der Waals surface area (Å²) in [6.07, 6.45) is 0. The normalized spacial score (nSPS) is 11.1. The molecule has 3 aromatic rings. The Labute approximate surface area is 118 Å². The first-order valence-corrected chi connectivity index (χ1v) is 6.88. The second-order valence-electron chi connectivity index (χ2n) is 4.53. The zero-order chi connectivity index (χ0) is 14.3. The van der Waals surface area contributed by atoms with Gasteiger partial charge in [-0.2, -0.15) is 0 Å². The van der Waals surface area contributed by atoms with Crippen molar-refractivity contribution in [3.8, 4) is 0 Å². The van der Waals surface area contributed by atoms with E-state index in [1.165, 1.54) is 10.9 Å². The summed E-state index contributed by atoms with van der Waals surface area (Å²) in [5.41, 5.74) is 0.805. The summed E-state index contributed by atoms with van der Waals surface area (Å²) < 4.78 is 1.56. The van der Waals surface area contributed by atoms with Gasteiger partial charge in [-0.25, -0.2) is 9.59 Å². The van der Waals surface area contributed by atoms with E-state index in [0.29, 0.717) is 17.6 Å². The minimum absolute atomic E-state index is 0.112. The third-order valence-electron chi connectivity index (χ3n) is 3.15. The van der Waals surface area contributed by atoms with Gasteiger partial charge in [-0.05, 0) is 31.2 Å². The van der Waals surface area contributed by atoms with Crippen LogP contribution in [0.4, 0.5) is 0 Å². The number of aromatic amines is 1. The summed E-state index contributed by atoms with van der Waals surface area (Å²) in [5.74, 6) is -1.05. The summed E-state index contributed by atoms with van der Waals surface area (Å²) in [5, 5.41) is 9.15. The van der Waals surface area contributed by atoms with Crippen molar-refractivity contribution in [3.63, 3.8) is 0 Å². The molecule has 0 spiro atoms. The maximum Gasteiger partial charge on any atom is 0.337 e. The van der Waals surface area contributed by atoms with Gasteiger partial charge in [-0.1, -0.05) is 6.07 Å². The number of hydrogen-bond acceptors (Lipinski definition) is 3. The van der Waals surface area contributed by atoms with Crippen molar-refractivity contribution in [2.24, 2.45) is 0 Å². The van der Waals surface area contributed by atoms with Crippen LogP contribution in [0.15, 0.2) is 35.1 Å². The number of H-pyrrole nitrogens is 1. The number of benzene rings is 1. The van der Waals surface area contributed by atoms with Crippen molar-refractivity contribution >= 4 is 28.3 Å². The monoisotopic (exact) mass is 288 g/mol. The number of aromatic carboxylic acids is 1. The van der Waals surface area contributed by atoms with Crippen LogP contribution in [0.2, 0.25) is 0 Å². The van der Waals surface area contributed by atoms with Gasteiger partial charge in [0.05, 0.1) is 23.1 Å². The molecule has 2 aromatic heterocycles. The van der Waals surface area contributed by atoms with Gasteiger partial charge in [0.1, 0.15) is 0 Å². The highest BCUT2D eigenvalue weighted by molar-refractivity contribution is 7.11. The van der Waals surface area contributed by atoms with Crippen LogP contribution in [0.25, 0.3) is 11.0 Å². The van der Waals surface area contributed by atoms with Crippen molar-refractivity contribution in [2.75, 3.05) is 0 Å². The zero-order valence-electron chi connectivity index (χ0n) is 10.7. The quantitative estimate of drug-likeness (QED) is 0.777. The number of carboxylic acid groups (broad SMARTS) is 1. The van der Waals surface area contributed by atoms with E-state index in [1.807, 2.05) is 19.1 Å². The predicted octanol–water partition coefficient (Wildman–Crippen LogP) is 2.45. The van der Waals surface area contributed by atoms with Crippen molar-refractivity contribution < 1.29 is 9.90 Å². The fourth-order valence-corrected chi connectivity index (χ4v) is 3.12. The maximum absolute atomic E-state index is 12.0. The Bertz CT molecular complexity index is 857. The van der Waals surface area contributed by atoms with E-state index >= 15 is 0 Å². The number of hydrogen-bond donors (Lipinski definition) is 2. The average Bonchev–Trinajstić information content (AvgIpc) is 2.94. The van der Waals surface area contributed by atoms with Gasteiger partial charge in [-0.3, -0.25) is 4.57 Å². The van der Waals surface area contributed by atoms with Crippen LogP contribution in [-0.2, 0) is 6.54 Å². The molecule has 0 radical (unpaired) electrons. The fourth-order valence-electron chi connectivity index (χ4n) is 2.24. The summed E-state index contributed by atoms with van der Waals surface area (Å²) in [4.78, 5) is 28.1. The first-order chi connectivity index (χ1) is 9.56. The Hall–Kier alpha value is -2.34. The first-order valence-electron chi connectivity index (χ1n) is 6.06. The molecule has 0 fully saturated rings. The third kappa shape index (κ3) is 2.04. The van der Waals surface area contributed by atoms with E-state index < -0.39 is 5.97 Å². The van der Waals surface area contributed by atoms with E-state index in [4.69, 9.17) is 5.11 Å². The molecule has 2 heterocycles. The lowest BCUT2D eigenvalue weighted by molar-refractivity contribution is 0.0699. The highest BCUT2D eigenvalue weighted by Crippen LogP contribution is 2.20. The third-order valence-corrected chi connectivity index (χ3v) is 4.14. The number of carboxylic acids is 1. The maximum atomic E-state index is 12.0. The lowest BCUT2D eigenvalue weighted by Gasteiger charge is -2.02. The first kappa shape index (κ1) is 12.7. The highest BCUT2D eigenvalue weighted by Gasteiger charge is 2.14. The SMILES string of the molecule is Cc1ccc(Cn2c(=O)[nH]c3c(C(=O)O)cccc32)s1. The minimum Gasteiger partial charge on any atom is -0.478 e. The molecule has 0 unspecified atom stereocenters. The molecule has 102 valence electrons. The zero-order valence-corrected chi connectivity index (χ0v) is 11.5. The number of carbonyl (C=O) groups is 1. The number of nitrogens with zero attached hydrogens (tertiary/aromatic N) is 1. The van der Waals surface area contributed by atoms with Crippen molar-refractivity contribution in [1.82, 2.24) is 9.55 Å². The van der Waals surface area contributed by atoms with E-state index in [-0.39, 0.29) is 11.3 Å². The van der Waals surface area contributed by atoms with Gasteiger partial charge in [-0.15, -0.1) is 11.3 Å². The van der Waals surface area contributed by atoms with Gasteiger partial charge < -0.3 is 10.1 Å². The molecule has 0 bridgehead atoms. The van der Waals surface area contributed by atoms with Gasteiger partial charge >= 0.3 is 11.7 Å². The van der Waals surface area contributed by atoms with Crippen molar-refractivity contribution in [3.05, 3.63) is 56.1 Å². The standard InChI is InChI=1S/C14H12N2O3S/c1-8-5-6-9(20-8)7-16-11-4-2-3-10(13(17)18)12(11)15-14(16)19/h2-6H,7H2,1H3,(H,15,19)(H,17,18). The number of rotatable bonds is 3. The Morgan fingerprint density at radius 1 is 1.35 bits per heavy atom. The summed E-state index contributed by atoms with van der Waals surface area (Å²) in [7, 11) is 0. The van der Waals surface area contributed by atoms with Crippen LogP contribution in [-0.4, -0.2) is 20.6 Å². The molecular formula is C14H12N2O3S. The molecule has 3 rings (SSSR count). The van der Waals surface area contributed by atoms with E-state index in [9.17, 15) is 9.59 Å². The van der Waals surface area contributed by atoms with Crippen molar-refractivity contribution in [2.45, 2.75) is 13.5 Å². The Kier molecular flexibility index (Phi) is 2.94. The highest BCUT2D eigenvalue weighted by atomic mass is 32.1. The molecule has 1 aromatic carbocycles. The van der Waals surface area contributed by atoms with Crippen LogP contribution < -0.4 is 5.69 Å². The second kappa shape index (κ2) is 4.64. The molecular weight excluding hydrogens is 276 g/mol. The Morgan fingerprint density at radius 2 is 2.15 bits per heavy atom. The van der Waals surface area contributed by atoms with Gasteiger partial charge in [0.25, 0.3) is 0 Å². The molecule has 0 atom stereocenters. The van der Waals surface area contributed by atoms with Crippen LogP contribution in [0.3, 0.4) is 0 Å². The molecule has 6 heteroatoms. The van der Waals surface area contributed by atoms with Crippen LogP contribution >= 0.6 is 11.3 Å². The Balaban J connectivity index is 2.16. The van der Waals surface area contributed by atoms with Gasteiger partial charge in [0, 0.05) is 9.75 Å². The number of imidazole rings is 1. The number of aryl methyl sites for hydroxylation is 1. The summed E-state index contributed by atoms with van der Waals surface area (Å²) in [6, 6.07) is 8.87. The lowest BCUT2D eigenvalue weighted by atomic mass is 10.2. The number of para-hydroxylation sites is 1. The molecule has 0 aliphatic carbocycles. The molecule has 0 amide bonds. The molecule has 20 heavy (non-hydrogen) atoms.